The van der Waals surface area contributed by atoms with Crippen LogP contribution in [0.15, 0.2) is 0 Å². The Balaban J connectivity index is 1.49. The van der Waals surface area contributed by atoms with Crippen molar-refractivity contribution in [2.24, 2.45) is 46.3 Å². The van der Waals surface area contributed by atoms with Gasteiger partial charge in [-0.1, -0.05) is 66.7 Å². The average molecular weight is 389 g/mol. The van der Waals surface area contributed by atoms with Crippen molar-refractivity contribution < 1.29 is 5.11 Å². The van der Waals surface area contributed by atoms with E-state index in [1.807, 2.05) is 0 Å². The SMILES string of the molecule is CC(C)CCC[C@@H](C)[C@H]1CC[C@H]2[C@@H]3CC[C@]4(O)CCCC[C@]4(C)[C@H]3CC[C@]12C. The molecule has 0 aromatic heterocycles. The molecule has 0 unspecified atom stereocenters. The van der Waals surface area contributed by atoms with Gasteiger partial charge in [0.15, 0.2) is 0 Å². The number of aliphatic hydroxyl groups is 1. The molecule has 4 fully saturated rings. The van der Waals surface area contributed by atoms with Gasteiger partial charge in [0, 0.05) is 0 Å². The monoisotopic (exact) mass is 388 g/mol. The molecule has 4 rings (SSSR count). The summed E-state index contributed by atoms with van der Waals surface area (Å²) in [4.78, 5) is 0. The van der Waals surface area contributed by atoms with Crippen LogP contribution in [0, 0.1) is 46.3 Å². The molecular formula is C27H48O. The van der Waals surface area contributed by atoms with Crippen molar-refractivity contribution >= 4 is 0 Å². The maximum atomic E-state index is 11.6. The molecule has 0 saturated heterocycles. The number of hydrogen-bond donors (Lipinski definition) is 1. The Morgan fingerprint density at radius 1 is 0.821 bits per heavy atom. The highest BCUT2D eigenvalue weighted by Crippen LogP contribution is 2.69. The normalized spacial score (nSPS) is 49.4. The Bertz CT molecular complexity index is 554. The van der Waals surface area contributed by atoms with E-state index < -0.39 is 0 Å². The lowest BCUT2D eigenvalue weighted by Gasteiger charge is -2.63. The van der Waals surface area contributed by atoms with Gasteiger partial charge in [-0.2, -0.15) is 0 Å². The van der Waals surface area contributed by atoms with Gasteiger partial charge in [-0.05, 0) is 97.7 Å². The molecule has 8 atom stereocenters. The van der Waals surface area contributed by atoms with E-state index in [9.17, 15) is 5.11 Å². The number of rotatable bonds is 5. The molecule has 0 amide bonds. The third kappa shape index (κ3) is 3.21. The average Bonchev–Trinajstić information content (AvgIpc) is 2.99. The minimum Gasteiger partial charge on any atom is -0.389 e. The minimum absolute atomic E-state index is 0.205. The zero-order valence-electron chi connectivity index (χ0n) is 19.6. The highest BCUT2D eigenvalue weighted by atomic mass is 16.3. The van der Waals surface area contributed by atoms with Crippen LogP contribution in [0.4, 0.5) is 0 Å². The molecule has 0 aromatic carbocycles. The van der Waals surface area contributed by atoms with E-state index in [0.29, 0.717) is 5.41 Å². The summed E-state index contributed by atoms with van der Waals surface area (Å²) >= 11 is 0. The summed E-state index contributed by atoms with van der Waals surface area (Å²) in [5.74, 6) is 5.33. The second-order valence-corrected chi connectivity index (χ2v) is 12.6. The second-order valence-electron chi connectivity index (χ2n) is 12.6. The third-order valence-electron chi connectivity index (χ3n) is 10.9. The fourth-order valence-corrected chi connectivity index (χ4v) is 9.28. The molecule has 4 aliphatic carbocycles. The van der Waals surface area contributed by atoms with Gasteiger partial charge in [0.05, 0.1) is 5.60 Å². The van der Waals surface area contributed by atoms with Crippen LogP contribution in [-0.4, -0.2) is 10.7 Å². The second kappa shape index (κ2) is 7.58. The van der Waals surface area contributed by atoms with Gasteiger partial charge in [0.2, 0.25) is 0 Å². The largest absolute Gasteiger partial charge is 0.389 e. The lowest BCUT2D eigenvalue weighted by atomic mass is 9.43. The number of fused-ring (bicyclic) bond motifs is 5. The fourth-order valence-electron chi connectivity index (χ4n) is 9.28. The summed E-state index contributed by atoms with van der Waals surface area (Å²) in [5, 5.41) is 11.6. The zero-order chi connectivity index (χ0) is 20.2. The lowest BCUT2D eigenvalue weighted by Crippen LogP contribution is -2.61. The smallest absolute Gasteiger partial charge is 0.0703 e. The first-order valence-electron chi connectivity index (χ1n) is 12.9. The molecule has 0 bridgehead atoms. The van der Waals surface area contributed by atoms with Crippen molar-refractivity contribution in [2.75, 3.05) is 0 Å². The molecule has 0 spiro atoms. The van der Waals surface area contributed by atoms with E-state index in [0.717, 1.165) is 48.3 Å². The summed E-state index contributed by atoms with van der Waals surface area (Å²) in [6, 6.07) is 0. The third-order valence-corrected chi connectivity index (χ3v) is 10.9. The van der Waals surface area contributed by atoms with Crippen molar-refractivity contribution in [3.63, 3.8) is 0 Å². The maximum Gasteiger partial charge on any atom is 0.0703 e. The maximum absolute atomic E-state index is 11.6. The van der Waals surface area contributed by atoms with Gasteiger partial charge in [0.1, 0.15) is 0 Å². The van der Waals surface area contributed by atoms with Gasteiger partial charge in [0.25, 0.3) is 0 Å². The van der Waals surface area contributed by atoms with Gasteiger partial charge in [-0.25, -0.2) is 0 Å². The first kappa shape index (κ1) is 21.2. The molecule has 162 valence electrons. The van der Waals surface area contributed by atoms with E-state index >= 15 is 0 Å². The summed E-state index contributed by atoms with van der Waals surface area (Å²) in [7, 11) is 0. The summed E-state index contributed by atoms with van der Waals surface area (Å²) < 4.78 is 0. The summed E-state index contributed by atoms with van der Waals surface area (Å²) in [5.41, 5.74) is 0.442. The van der Waals surface area contributed by atoms with Gasteiger partial charge in [-0.15, -0.1) is 0 Å². The van der Waals surface area contributed by atoms with Crippen LogP contribution in [0.5, 0.6) is 0 Å². The Morgan fingerprint density at radius 3 is 2.32 bits per heavy atom. The Labute approximate surface area is 175 Å². The van der Waals surface area contributed by atoms with E-state index in [4.69, 9.17) is 0 Å². The first-order valence-corrected chi connectivity index (χ1v) is 12.9. The predicted molar refractivity (Wildman–Crippen MR) is 119 cm³/mol. The topological polar surface area (TPSA) is 20.2 Å². The van der Waals surface area contributed by atoms with Crippen molar-refractivity contribution in [3.8, 4) is 0 Å². The molecule has 28 heavy (non-hydrogen) atoms. The standard InChI is InChI=1S/C27H48O/c1-19(2)9-8-10-20(3)22-11-12-23-21-13-18-27(28)16-7-6-15-26(27,5)24(21)14-17-25(22,23)4/h19-24,28H,6-18H2,1-5H3/t20-,21+,22-,23+,24+,25-,26-,27-/m1/s1. The Hall–Kier alpha value is -0.0400. The Kier molecular flexibility index (Phi) is 5.74. The van der Waals surface area contributed by atoms with Crippen molar-refractivity contribution in [1.29, 1.82) is 0 Å². The quantitative estimate of drug-likeness (QED) is 0.513. The number of hydrogen-bond acceptors (Lipinski definition) is 1. The van der Waals surface area contributed by atoms with Crippen molar-refractivity contribution in [1.82, 2.24) is 0 Å². The highest BCUT2D eigenvalue weighted by molar-refractivity contribution is 5.13. The van der Waals surface area contributed by atoms with Crippen LogP contribution >= 0.6 is 0 Å². The lowest BCUT2D eigenvalue weighted by molar-refractivity contribution is -0.205. The fraction of sp³-hybridized carbons (Fsp3) is 1.00. The molecule has 0 radical (unpaired) electrons. The van der Waals surface area contributed by atoms with Gasteiger partial charge < -0.3 is 5.11 Å². The van der Waals surface area contributed by atoms with Crippen LogP contribution in [0.1, 0.15) is 118 Å². The molecular weight excluding hydrogens is 340 g/mol. The molecule has 0 aliphatic heterocycles. The summed E-state index contributed by atoms with van der Waals surface area (Å²) in [6.07, 6.45) is 17.4. The summed E-state index contributed by atoms with van der Waals surface area (Å²) in [6.45, 7) is 12.5. The van der Waals surface area contributed by atoms with E-state index in [-0.39, 0.29) is 11.0 Å². The predicted octanol–water partition coefficient (Wildman–Crippen LogP) is 7.61. The van der Waals surface area contributed by atoms with Crippen LogP contribution < -0.4 is 0 Å². The van der Waals surface area contributed by atoms with E-state index in [1.54, 1.807) is 0 Å². The molecule has 1 N–H and O–H groups in total. The van der Waals surface area contributed by atoms with E-state index in [2.05, 4.69) is 34.6 Å². The highest BCUT2D eigenvalue weighted by Gasteiger charge is 2.63. The Morgan fingerprint density at radius 2 is 1.57 bits per heavy atom. The van der Waals surface area contributed by atoms with Crippen LogP contribution in [0.2, 0.25) is 0 Å². The van der Waals surface area contributed by atoms with Crippen LogP contribution in [-0.2, 0) is 0 Å². The zero-order valence-corrected chi connectivity index (χ0v) is 19.6. The molecule has 1 nitrogen and oxygen atoms in total. The molecule has 0 heterocycles. The van der Waals surface area contributed by atoms with Gasteiger partial charge in [-0.3, -0.25) is 0 Å². The minimum atomic E-state index is -0.345. The van der Waals surface area contributed by atoms with Gasteiger partial charge >= 0.3 is 0 Å². The van der Waals surface area contributed by atoms with Crippen molar-refractivity contribution in [3.05, 3.63) is 0 Å². The van der Waals surface area contributed by atoms with Crippen LogP contribution in [0.3, 0.4) is 0 Å². The molecule has 4 aliphatic rings. The van der Waals surface area contributed by atoms with Crippen LogP contribution in [0.25, 0.3) is 0 Å². The first-order chi connectivity index (χ1) is 13.2. The molecule has 1 heteroatoms. The van der Waals surface area contributed by atoms with E-state index in [1.165, 1.54) is 70.6 Å². The molecule has 4 saturated carbocycles. The van der Waals surface area contributed by atoms with Crippen molar-refractivity contribution in [2.45, 2.75) is 124 Å². The molecule has 0 aromatic rings.